The highest BCUT2D eigenvalue weighted by molar-refractivity contribution is 7.92. The number of nitrogens with zero attached hydrogens (tertiary/aromatic N) is 4. The van der Waals surface area contributed by atoms with E-state index in [1.165, 1.54) is 0 Å². The topological polar surface area (TPSA) is 113 Å². The van der Waals surface area contributed by atoms with Crippen LogP contribution < -0.4 is 10.2 Å². The van der Waals surface area contributed by atoms with E-state index in [0.29, 0.717) is 42.5 Å². The quantitative estimate of drug-likeness (QED) is 0.401. The van der Waals surface area contributed by atoms with Gasteiger partial charge in [0.1, 0.15) is 17.2 Å². The van der Waals surface area contributed by atoms with Crippen LogP contribution in [0.3, 0.4) is 0 Å². The summed E-state index contributed by atoms with van der Waals surface area (Å²) >= 11 is 0. The maximum absolute atomic E-state index is 12.9. The number of hydrogen-bond acceptors (Lipinski definition) is 8. The molecule has 2 N–H and O–H groups in total. The third-order valence-electron chi connectivity index (χ3n) is 6.03. The van der Waals surface area contributed by atoms with Gasteiger partial charge in [-0.3, -0.25) is 0 Å². The number of para-hydroxylation sites is 1. The number of ether oxygens (including phenoxy) is 1. The van der Waals surface area contributed by atoms with Crippen molar-refractivity contribution < 1.29 is 13.2 Å². The number of rotatable bonds is 7. The fourth-order valence-electron chi connectivity index (χ4n) is 4.05. The lowest BCUT2D eigenvalue weighted by Gasteiger charge is -2.27. The molecule has 0 aliphatic carbocycles. The van der Waals surface area contributed by atoms with Crippen LogP contribution in [0.5, 0.6) is 0 Å². The van der Waals surface area contributed by atoms with Crippen LogP contribution in [-0.4, -0.2) is 59.9 Å². The zero-order valence-corrected chi connectivity index (χ0v) is 20.5. The van der Waals surface area contributed by atoms with Crippen LogP contribution in [0.2, 0.25) is 0 Å². The number of benzene rings is 1. The SMILES string of the molecule is CC(C)S(=O)(=O)c1ccccc1Nc1nc(Cc2ccc(N3CCOCC3)nc2)nc2cc[nH]c12. The van der Waals surface area contributed by atoms with Gasteiger partial charge in [-0.25, -0.2) is 23.4 Å². The van der Waals surface area contributed by atoms with Gasteiger partial charge < -0.3 is 19.9 Å². The Morgan fingerprint density at radius 2 is 1.89 bits per heavy atom. The number of aromatic amines is 1. The van der Waals surface area contributed by atoms with Crippen LogP contribution >= 0.6 is 0 Å². The van der Waals surface area contributed by atoms with E-state index in [9.17, 15) is 8.42 Å². The van der Waals surface area contributed by atoms with Gasteiger partial charge >= 0.3 is 0 Å². The van der Waals surface area contributed by atoms with E-state index in [4.69, 9.17) is 9.72 Å². The summed E-state index contributed by atoms with van der Waals surface area (Å²) in [4.78, 5) is 19.7. The van der Waals surface area contributed by atoms with Crippen molar-refractivity contribution in [2.75, 3.05) is 36.5 Å². The summed E-state index contributed by atoms with van der Waals surface area (Å²) in [6.45, 7) is 6.45. The first-order valence-electron chi connectivity index (χ1n) is 11.6. The Morgan fingerprint density at radius 1 is 1.09 bits per heavy atom. The fourth-order valence-corrected chi connectivity index (χ4v) is 5.25. The smallest absolute Gasteiger partial charge is 0.182 e. The van der Waals surface area contributed by atoms with Crippen LogP contribution in [0.15, 0.2) is 59.8 Å². The highest BCUT2D eigenvalue weighted by atomic mass is 32.2. The Balaban J connectivity index is 1.44. The van der Waals surface area contributed by atoms with Crippen LogP contribution in [-0.2, 0) is 21.0 Å². The molecule has 0 unspecified atom stereocenters. The fraction of sp³-hybridized carbons (Fsp3) is 0.320. The molecule has 0 amide bonds. The molecule has 1 aliphatic rings. The lowest BCUT2D eigenvalue weighted by molar-refractivity contribution is 0.122. The van der Waals surface area contributed by atoms with Crippen molar-refractivity contribution >= 4 is 38.2 Å². The third-order valence-corrected chi connectivity index (χ3v) is 8.24. The van der Waals surface area contributed by atoms with Crippen molar-refractivity contribution in [2.45, 2.75) is 30.4 Å². The van der Waals surface area contributed by atoms with Gasteiger partial charge in [-0.1, -0.05) is 18.2 Å². The Bertz CT molecular complexity index is 1430. The van der Waals surface area contributed by atoms with Gasteiger partial charge in [0.05, 0.1) is 34.6 Å². The van der Waals surface area contributed by atoms with E-state index in [1.54, 1.807) is 44.3 Å². The second-order valence-corrected chi connectivity index (χ2v) is 11.2. The van der Waals surface area contributed by atoms with Gasteiger partial charge in [-0.05, 0) is 43.7 Å². The van der Waals surface area contributed by atoms with E-state index in [0.717, 1.165) is 30.0 Å². The Labute approximate surface area is 204 Å². The molecule has 1 aromatic carbocycles. The second kappa shape index (κ2) is 9.63. The Hall–Kier alpha value is -3.50. The first-order valence-corrected chi connectivity index (χ1v) is 13.2. The molecule has 10 heteroatoms. The zero-order valence-electron chi connectivity index (χ0n) is 19.7. The van der Waals surface area contributed by atoms with E-state index in [1.807, 2.05) is 24.4 Å². The molecule has 0 saturated carbocycles. The maximum atomic E-state index is 12.9. The van der Waals surface area contributed by atoms with Crippen molar-refractivity contribution in [3.63, 3.8) is 0 Å². The van der Waals surface area contributed by atoms with E-state index in [2.05, 4.69) is 25.2 Å². The molecule has 0 radical (unpaired) electrons. The van der Waals surface area contributed by atoms with Crippen LogP contribution in [0.1, 0.15) is 25.2 Å². The van der Waals surface area contributed by atoms with Gasteiger partial charge in [-0.2, -0.15) is 0 Å². The number of fused-ring (bicyclic) bond motifs is 1. The van der Waals surface area contributed by atoms with Crippen LogP contribution in [0, 0.1) is 0 Å². The monoisotopic (exact) mass is 492 g/mol. The number of H-pyrrole nitrogens is 1. The molecular formula is C25H28N6O3S. The van der Waals surface area contributed by atoms with Gasteiger partial charge in [-0.15, -0.1) is 0 Å². The summed E-state index contributed by atoms with van der Waals surface area (Å²) in [5.41, 5.74) is 2.94. The van der Waals surface area contributed by atoms with Crippen LogP contribution in [0.25, 0.3) is 11.0 Å². The molecule has 3 aromatic heterocycles. The summed E-state index contributed by atoms with van der Waals surface area (Å²) in [6.07, 6.45) is 4.15. The van der Waals surface area contributed by atoms with Gasteiger partial charge in [0.2, 0.25) is 0 Å². The first-order chi connectivity index (χ1) is 16.9. The molecule has 0 bridgehead atoms. The molecule has 4 heterocycles. The number of sulfone groups is 1. The number of aromatic nitrogens is 4. The van der Waals surface area contributed by atoms with Gasteiger partial charge in [0.25, 0.3) is 0 Å². The third kappa shape index (κ3) is 4.85. The predicted octanol–water partition coefficient (Wildman–Crippen LogP) is 3.71. The summed E-state index contributed by atoms with van der Waals surface area (Å²) in [6, 6.07) is 12.8. The maximum Gasteiger partial charge on any atom is 0.182 e. The Morgan fingerprint density at radius 3 is 2.63 bits per heavy atom. The molecule has 0 spiro atoms. The lowest BCUT2D eigenvalue weighted by Crippen LogP contribution is -2.36. The van der Waals surface area contributed by atoms with Crippen molar-refractivity contribution in [2.24, 2.45) is 0 Å². The highest BCUT2D eigenvalue weighted by Crippen LogP contribution is 2.30. The molecule has 35 heavy (non-hydrogen) atoms. The number of pyridine rings is 1. The molecule has 1 aliphatic heterocycles. The van der Waals surface area contributed by atoms with E-state index >= 15 is 0 Å². The zero-order chi connectivity index (χ0) is 24.4. The van der Waals surface area contributed by atoms with Crippen molar-refractivity contribution in [3.8, 4) is 0 Å². The molecule has 0 atom stereocenters. The molecule has 4 aromatic rings. The summed E-state index contributed by atoms with van der Waals surface area (Å²) < 4.78 is 31.2. The van der Waals surface area contributed by atoms with E-state index < -0.39 is 15.1 Å². The molecule has 9 nitrogen and oxygen atoms in total. The first kappa shape index (κ1) is 23.3. The summed E-state index contributed by atoms with van der Waals surface area (Å²) in [7, 11) is -3.48. The summed E-state index contributed by atoms with van der Waals surface area (Å²) in [5, 5.41) is 2.71. The van der Waals surface area contributed by atoms with Gasteiger partial charge in [0.15, 0.2) is 15.7 Å². The number of nitrogens with one attached hydrogen (secondary N) is 2. The minimum Gasteiger partial charge on any atom is -0.378 e. The second-order valence-electron chi connectivity index (χ2n) is 8.74. The molecule has 1 saturated heterocycles. The summed E-state index contributed by atoms with van der Waals surface area (Å²) in [5.74, 6) is 2.08. The lowest BCUT2D eigenvalue weighted by atomic mass is 10.2. The Kier molecular flexibility index (Phi) is 6.40. The molecule has 1 fully saturated rings. The van der Waals surface area contributed by atoms with Crippen molar-refractivity contribution in [1.29, 1.82) is 0 Å². The number of anilines is 3. The van der Waals surface area contributed by atoms with Gasteiger partial charge in [0, 0.05) is 31.9 Å². The minimum atomic E-state index is -3.48. The number of hydrogen-bond donors (Lipinski definition) is 2. The van der Waals surface area contributed by atoms with Crippen LogP contribution in [0.4, 0.5) is 17.3 Å². The molecule has 5 rings (SSSR count). The van der Waals surface area contributed by atoms with Crippen molar-refractivity contribution in [3.05, 3.63) is 66.2 Å². The molecular weight excluding hydrogens is 464 g/mol. The minimum absolute atomic E-state index is 0.248. The molecule has 182 valence electrons. The average Bonchev–Trinajstić information content (AvgIpc) is 3.34. The highest BCUT2D eigenvalue weighted by Gasteiger charge is 2.23. The number of morpholine rings is 1. The normalized spacial score (nSPS) is 14.5. The predicted molar refractivity (Wildman–Crippen MR) is 136 cm³/mol. The van der Waals surface area contributed by atoms with E-state index in [-0.39, 0.29) is 4.90 Å². The average molecular weight is 493 g/mol. The standard InChI is InChI=1S/C25H28N6O3S/c1-17(2)35(32,33)21-6-4-3-5-19(21)29-25-24-20(9-10-26-24)28-22(30-25)15-18-7-8-23(27-16-18)31-11-13-34-14-12-31/h3-10,16-17,26H,11-15H2,1-2H3,(H,28,29,30). The largest absolute Gasteiger partial charge is 0.378 e. The van der Waals surface area contributed by atoms with Crippen molar-refractivity contribution in [1.82, 2.24) is 19.9 Å².